The van der Waals surface area contributed by atoms with E-state index < -0.39 is 17.7 Å². The van der Waals surface area contributed by atoms with Crippen molar-refractivity contribution < 1.29 is 18.7 Å². The second kappa shape index (κ2) is 6.64. The van der Waals surface area contributed by atoms with E-state index in [4.69, 9.17) is 13.9 Å². The minimum Gasteiger partial charge on any atom is -0.479 e. The van der Waals surface area contributed by atoms with Crippen LogP contribution in [0.3, 0.4) is 0 Å². The normalized spacial score (nSPS) is 12.2. The zero-order chi connectivity index (χ0) is 16.3. The molecule has 1 aromatic carbocycles. The summed E-state index contributed by atoms with van der Waals surface area (Å²) in [6, 6.07) is 5.06. The number of hydrogen-bond donors (Lipinski definition) is 0. The Hall–Kier alpha value is -2.30. The first-order valence-electron chi connectivity index (χ1n) is 7.36. The van der Waals surface area contributed by atoms with Gasteiger partial charge in [-0.05, 0) is 44.4 Å². The van der Waals surface area contributed by atoms with Crippen molar-refractivity contribution in [3.63, 3.8) is 0 Å². The van der Waals surface area contributed by atoms with E-state index in [0.29, 0.717) is 17.9 Å². The number of esters is 1. The van der Waals surface area contributed by atoms with E-state index in [2.05, 4.69) is 0 Å². The highest BCUT2D eigenvalue weighted by molar-refractivity contribution is 5.83. The maximum Gasteiger partial charge on any atom is 0.347 e. The molecule has 0 amide bonds. The number of carbonyl (C=O) groups excluding carboxylic acids is 1. The van der Waals surface area contributed by atoms with Gasteiger partial charge in [-0.2, -0.15) is 0 Å². The Labute approximate surface area is 128 Å². The molecule has 0 fully saturated rings. The molecule has 0 saturated heterocycles. The van der Waals surface area contributed by atoms with Gasteiger partial charge in [-0.15, -0.1) is 0 Å². The number of rotatable bonds is 5. The second-order valence-electron chi connectivity index (χ2n) is 5.07. The van der Waals surface area contributed by atoms with Crippen LogP contribution >= 0.6 is 0 Å². The average molecular weight is 304 g/mol. The Morgan fingerprint density at radius 2 is 2.00 bits per heavy atom. The van der Waals surface area contributed by atoms with E-state index in [0.717, 1.165) is 22.9 Å². The molecule has 0 aliphatic heterocycles. The van der Waals surface area contributed by atoms with Crippen LogP contribution in [0.15, 0.2) is 27.4 Å². The van der Waals surface area contributed by atoms with Crippen molar-refractivity contribution in [3.8, 4) is 5.75 Å². The van der Waals surface area contributed by atoms with E-state index >= 15 is 0 Å². The fourth-order valence-electron chi connectivity index (χ4n) is 2.28. The van der Waals surface area contributed by atoms with Crippen LogP contribution in [-0.4, -0.2) is 18.7 Å². The lowest BCUT2D eigenvalue weighted by molar-refractivity contribution is -0.150. The molecule has 5 nitrogen and oxygen atoms in total. The van der Waals surface area contributed by atoms with Gasteiger partial charge in [0.15, 0.2) is 6.10 Å². The predicted molar refractivity (Wildman–Crippen MR) is 83.3 cm³/mol. The summed E-state index contributed by atoms with van der Waals surface area (Å²) in [5.41, 5.74) is 1.85. The van der Waals surface area contributed by atoms with Crippen LogP contribution in [0.25, 0.3) is 11.0 Å². The molecule has 0 unspecified atom stereocenters. The van der Waals surface area contributed by atoms with Gasteiger partial charge in [0.2, 0.25) is 0 Å². The Bertz CT molecular complexity index is 745. The average Bonchev–Trinajstić information content (AvgIpc) is 2.46. The first-order valence-corrected chi connectivity index (χ1v) is 7.36. The molecule has 118 valence electrons. The molecule has 0 aliphatic rings. The minimum atomic E-state index is -0.723. The van der Waals surface area contributed by atoms with E-state index in [9.17, 15) is 9.59 Å². The molecule has 0 bridgehead atoms. The summed E-state index contributed by atoms with van der Waals surface area (Å²) in [4.78, 5) is 23.2. The maximum absolute atomic E-state index is 11.7. The van der Waals surface area contributed by atoms with Gasteiger partial charge in [-0.1, -0.05) is 6.92 Å². The molecule has 1 aromatic heterocycles. The van der Waals surface area contributed by atoms with Gasteiger partial charge in [0.25, 0.3) is 0 Å². The number of benzene rings is 1. The first kappa shape index (κ1) is 16.1. The largest absolute Gasteiger partial charge is 0.479 e. The topological polar surface area (TPSA) is 65.7 Å². The lowest BCUT2D eigenvalue weighted by Crippen LogP contribution is -2.26. The van der Waals surface area contributed by atoms with Gasteiger partial charge in [0.05, 0.1) is 6.61 Å². The van der Waals surface area contributed by atoms with Crippen LogP contribution < -0.4 is 10.4 Å². The fraction of sp³-hybridized carbons (Fsp3) is 0.412. The molecule has 0 saturated carbocycles. The summed E-state index contributed by atoms with van der Waals surface area (Å²) in [6.07, 6.45) is 0.0126. The highest BCUT2D eigenvalue weighted by Crippen LogP contribution is 2.28. The molecule has 0 radical (unpaired) electrons. The van der Waals surface area contributed by atoms with Crippen LogP contribution in [0.1, 0.15) is 31.9 Å². The molecular formula is C17H20O5. The third-order valence-electron chi connectivity index (χ3n) is 3.44. The number of aryl methyl sites for hydroxylation is 2. The maximum atomic E-state index is 11.7. The van der Waals surface area contributed by atoms with Gasteiger partial charge in [-0.3, -0.25) is 0 Å². The Morgan fingerprint density at radius 3 is 2.64 bits per heavy atom. The quantitative estimate of drug-likeness (QED) is 0.627. The number of carbonyl (C=O) groups is 1. The minimum absolute atomic E-state index is 0.305. The molecule has 2 rings (SSSR count). The van der Waals surface area contributed by atoms with E-state index in [1.807, 2.05) is 19.9 Å². The number of ether oxygens (including phenoxy) is 2. The van der Waals surface area contributed by atoms with Crippen molar-refractivity contribution in [2.24, 2.45) is 0 Å². The lowest BCUT2D eigenvalue weighted by Gasteiger charge is -2.16. The van der Waals surface area contributed by atoms with Crippen LogP contribution in [0.4, 0.5) is 0 Å². The van der Waals surface area contributed by atoms with Crippen molar-refractivity contribution in [1.82, 2.24) is 0 Å². The van der Waals surface area contributed by atoms with E-state index in [1.54, 1.807) is 19.9 Å². The summed E-state index contributed by atoms with van der Waals surface area (Å²) >= 11 is 0. The second-order valence-corrected chi connectivity index (χ2v) is 5.07. The summed E-state index contributed by atoms with van der Waals surface area (Å²) in [5, 5.41) is 0.868. The van der Waals surface area contributed by atoms with Crippen molar-refractivity contribution >= 4 is 16.9 Å². The van der Waals surface area contributed by atoms with Gasteiger partial charge in [0.1, 0.15) is 11.3 Å². The standard InChI is InChI=1S/C17H20O5/c1-5-12-8-13-10(3)7-16(18)22-15(13)9-14(12)21-11(4)17(19)20-6-2/h7-9,11H,5-6H2,1-4H3/t11-/m0/s1. The summed E-state index contributed by atoms with van der Waals surface area (Å²) in [5.74, 6) is 0.111. The summed E-state index contributed by atoms with van der Waals surface area (Å²) in [6.45, 7) is 7.54. The Morgan fingerprint density at radius 1 is 1.27 bits per heavy atom. The fourth-order valence-corrected chi connectivity index (χ4v) is 2.28. The van der Waals surface area contributed by atoms with Crippen LogP contribution in [-0.2, 0) is 16.0 Å². The number of fused-ring (bicyclic) bond motifs is 1. The molecule has 5 heteroatoms. The van der Waals surface area contributed by atoms with E-state index in [1.165, 1.54) is 6.07 Å². The molecule has 2 aromatic rings. The summed E-state index contributed by atoms with van der Waals surface area (Å²) in [7, 11) is 0. The Kier molecular flexibility index (Phi) is 4.85. The zero-order valence-corrected chi connectivity index (χ0v) is 13.3. The third-order valence-corrected chi connectivity index (χ3v) is 3.44. The van der Waals surface area contributed by atoms with Crippen LogP contribution in [0.2, 0.25) is 0 Å². The van der Waals surface area contributed by atoms with E-state index in [-0.39, 0.29) is 0 Å². The molecule has 0 N–H and O–H groups in total. The summed E-state index contributed by atoms with van der Waals surface area (Å²) < 4.78 is 15.9. The highest BCUT2D eigenvalue weighted by atomic mass is 16.6. The molecule has 1 atom stereocenters. The van der Waals surface area contributed by atoms with Crippen molar-refractivity contribution in [2.45, 2.75) is 40.2 Å². The molecule has 0 aliphatic carbocycles. The van der Waals surface area contributed by atoms with Crippen LogP contribution in [0.5, 0.6) is 5.75 Å². The van der Waals surface area contributed by atoms with Gasteiger partial charge < -0.3 is 13.9 Å². The Balaban J connectivity index is 2.44. The molecular weight excluding hydrogens is 284 g/mol. The van der Waals surface area contributed by atoms with Crippen molar-refractivity contribution in [2.75, 3.05) is 6.61 Å². The van der Waals surface area contributed by atoms with Gasteiger partial charge >= 0.3 is 11.6 Å². The van der Waals surface area contributed by atoms with Gasteiger partial charge in [0, 0.05) is 17.5 Å². The lowest BCUT2D eigenvalue weighted by atomic mass is 10.1. The predicted octanol–water partition coefficient (Wildman–Crippen LogP) is 2.99. The highest BCUT2D eigenvalue weighted by Gasteiger charge is 2.18. The molecule has 0 spiro atoms. The van der Waals surface area contributed by atoms with Crippen LogP contribution in [0, 0.1) is 6.92 Å². The van der Waals surface area contributed by atoms with Crippen molar-refractivity contribution in [1.29, 1.82) is 0 Å². The first-order chi connectivity index (χ1) is 10.5. The third kappa shape index (κ3) is 3.30. The smallest absolute Gasteiger partial charge is 0.347 e. The van der Waals surface area contributed by atoms with Crippen molar-refractivity contribution in [3.05, 3.63) is 39.7 Å². The zero-order valence-electron chi connectivity index (χ0n) is 13.3. The number of hydrogen-bond acceptors (Lipinski definition) is 5. The molecule has 22 heavy (non-hydrogen) atoms. The molecule has 1 heterocycles. The monoisotopic (exact) mass is 304 g/mol. The SMILES string of the molecule is CCOC(=O)[C@H](C)Oc1cc2oc(=O)cc(C)c2cc1CC. The van der Waals surface area contributed by atoms with Gasteiger partial charge in [-0.25, -0.2) is 9.59 Å².